The van der Waals surface area contributed by atoms with Crippen LogP contribution in [0.5, 0.6) is 0 Å². The maximum Gasteiger partial charge on any atom is 0.307 e. The summed E-state index contributed by atoms with van der Waals surface area (Å²) in [6, 6.07) is 6.86. The quantitative estimate of drug-likeness (QED) is 0.794. The zero-order valence-electron chi connectivity index (χ0n) is 12.9. The number of aliphatic carboxylic acids is 1. The topological polar surface area (TPSA) is 95.5 Å². The smallest absolute Gasteiger partial charge is 0.307 e. The van der Waals surface area contributed by atoms with Crippen molar-refractivity contribution in [3.63, 3.8) is 0 Å². The molecule has 1 aromatic carbocycles. The second-order valence-corrected chi connectivity index (χ2v) is 6.47. The molecule has 23 heavy (non-hydrogen) atoms. The molecule has 2 bridgehead atoms. The average molecular weight is 316 g/mol. The van der Waals surface area contributed by atoms with Gasteiger partial charge in [0.25, 0.3) is 0 Å². The first kappa shape index (κ1) is 15.5. The molecule has 0 saturated heterocycles. The van der Waals surface area contributed by atoms with Crippen LogP contribution in [0.25, 0.3) is 0 Å². The summed E-state index contributed by atoms with van der Waals surface area (Å²) < 4.78 is 0. The van der Waals surface area contributed by atoms with E-state index in [1.54, 1.807) is 24.3 Å². The highest BCUT2D eigenvalue weighted by atomic mass is 16.4. The van der Waals surface area contributed by atoms with Gasteiger partial charge in [-0.2, -0.15) is 0 Å². The molecule has 0 unspecified atom stereocenters. The minimum absolute atomic E-state index is 0.124. The van der Waals surface area contributed by atoms with Gasteiger partial charge in [-0.1, -0.05) is 6.07 Å². The Morgan fingerprint density at radius 3 is 2.26 bits per heavy atom. The van der Waals surface area contributed by atoms with Crippen LogP contribution in [0.3, 0.4) is 0 Å². The molecule has 0 spiro atoms. The standard InChI is InChI=1S/C17H20N2O4/c1-9(20)18-12-3-2-4-13(8-12)19-16(21)14-10-5-6-11(7-10)15(14)17(22)23/h2-4,8,10-11,14-15H,5-7H2,1H3,(H,18,20)(H,19,21)(H,22,23)/t10-,11+,14-,15+/m1/s1. The van der Waals surface area contributed by atoms with E-state index in [0.717, 1.165) is 19.3 Å². The second kappa shape index (κ2) is 6.02. The first-order valence-corrected chi connectivity index (χ1v) is 7.87. The van der Waals surface area contributed by atoms with Gasteiger partial charge < -0.3 is 15.7 Å². The summed E-state index contributed by atoms with van der Waals surface area (Å²) in [6.45, 7) is 1.41. The number of nitrogens with one attached hydrogen (secondary N) is 2. The monoisotopic (exact) mass is 316 g/mol. The lowest BCUT2D eigenvalue weighted by Crippen LogP contribution is -2.37. The van der Waals surface area contributed by atoms with Gasteiger partial charge in [0.1, 0.15) is 0 Å². The van der Waals surface area contributed by atoms with Gasteiger partial charge in [0, 0.05) is 18.3 Å². The number of carboxylic acids is 1. The average Bonchev–Trinajstić information content (AvgIpc) is 3.07. The van der Waals surface area contributed by atoms with E-state index in [1.807, 2.05) is 0 Å². The van der Waals surface area contributed by atoms with Crippen molar-refractivity contribution >= 4 is 29.2 Å². The van der Waals surface area contributed by atoms with Crippen LogP contribution in [0.1, 0.15) is 26.2 Å². The Kier molecular flexibility index (Phi) is 4.07. The number of hydrogen-bond donors (Lipinski definition) is 3. The van der Waals surface area contributed by atoms with E-state index in [1.165, 1.54) is 6.92 Å². The van der Waals surface area contributed by atoms with Crippen LogP contribution < -0.4 is 10.6 Å². The van der Waals surface area contributed by atoms with E-state index in [-0.39, 0.29) is 23.7 Å². The van der Waals surface area contributed by atoms with Gasteiger partial charge >= 0.3 is 5.97 Å². The Hall–Kier alpha value is -2.37. The molecule has 2 aliphatic rings. The second-order valence-electron chi connectivity index (χ2n) is 6.47. The normalized spacial score (nSPS) is 28.4. The van der Waals surface area contributed by atoms with Gasteiger partial charge in [-0.3, -0.25) is 14.4 Å². The lowest BCUT2D eigenvalue weighted by atomic mass is 9.78. The molecule has 2 aliphatic carbocycles. The Labute approximate surface area is 134 Å². The molecule has 0 aliphatic heterocycles. The van der Waals surface area contributed by atoms with Gasteiger partial charge in [0.2, 0.25) is 11.8 Å². The van der Waals surface area contributed by atoms with E-state index in [9.17, 15) is 19.5 Å². The van der Waals surface area contributed by atoms with Gasteiger partial charge in [-0.15, -0.1) is 0 Å². The van der Waals surface area contributed by atoms with Gasteiger partial charge in [0.15, 0.2) is 0 Å². The van der Waals surface area contributed by atoms with Gasteiger partial charge in [0.05, 0.1) is 11.8 Å². The molecule has 122 valence electrons. The molecule has 3 rings (SSSR count). The summed E-state index contributed by atoms with van der Waals surface area (Å²) >= 11 is 0. The van der Waals surface area contributed by atoms with Crippen molar-refractivity contribution in [2.75, 3.05) is 10.6 Å². The lowest BCUT2D eigenvalue weighted by Gasteiger charge is -2.27. The maximum atomic E-state index is 12.6. The number of carboxylic acid groups (broad SMARTS) is 1. The molecule has 3 N–H and O–H groups in total. The van der Waals surface area contributed by atoms with Crippen LogP contribution in [0, 0.1) is 23.7 Å². The molecule has 6 nitrogen and oxygen atoms in total. The highest BCUT2D eigenvalue weighted by molar-refractivity contribution is 5.97. The molecule has 2 fully saturated rings. The third-order valence-electron chi connectivity index (χ3n) is 4.95. The molecular formula is C17H20N2O4. The molecule has 0 heterocycles. The summed E-state index contributed by atoms with van der Waals surface area (Å²) in [6.07, 6.45) is 2.67. The fraction of sp³-hybridized carbons (Fsp3) is 0.471. The first-order valence-electron chi connectivity index (χ1n) is 7.87. The SMILES string of the molecule is CC(=O)Nc1cccc(NC(=O)[C@@H]2[C@@H]3CC[C@@H](C3)[C@@H]2C(=O)O)c1. The van der Waals surface area contributed by atoms with Crippen LogP contribution in [-0.2, 0) is 14.4 Å². The van der Waals surface area contributed by atoms with Crippen molar-refractivity contribution < 1.29 is 19.5 Å². The third kappa shape index (κ3) is 3.06. The lowest BCUT2D eigenvalue weighted by molar-refractivity contribution is -0.148. The Balaban J connectivity index is 1.74. The third-order valence-corrected chi connectivity index (χ3v) is 4.95. The largest absolute Gasteiger partial charge is 0.481 e. The number of carbonyl (C=O) groups is 3. The molecule has 2 amide bonds. The van der Waals surface area contributed by atoms with E-state index in [4.69, 9.17) is 0 Å². The van der Waals surface area contributed by atoms with Crippen molar-refractivity contribution in [2.45, 2.75) is 26.2 Å². The van der Waals surface area contributed by atoms with Crippen molar-refractivity contribution in [1.82, 2.24) is 0 Å². The van der Waals surface area contributed by atoms with E-state index in [2.05, 4.69) is 10.6 Å². The predicted molar refractivity (Wildman–Crippen MR) is 84.8 cm³/mol. The summed E-state index contributed by atoms with van der Waals surface area (Å²) in [5.74, 6) is -2.04. The maximum absolute atomic E-state index is 12.6. The number of fused-ring (bicyclic) bond motifs is 2. The molecule has 0 radical (unpaired) electrons. The first-order chi connectivity index (χ1) is 11.0. The van der Waals surface area contributed by atoms with Crippen LogP contribution in [0.15, 0.2) is 24.3 Å². The molecule has 1 aromatic rings. The van der Waals surface area contributed by atoms with Crippen LogP contribution in [0.4, 0.5) is 11.4 Å². The van der Waals surface area contributed by atoms with Crippen LogP contribution >= 0.6 is 0 Å². The molecular weight excluding hydrogens is 296 g/mol. The highest BCUT2D eigenvalue weighted by Gasteiger charge is 2.53. The minimum atomic E-state index is -0.871. The molecule has 6 heteroatoms. The number of benzene rings is 1. The van der Waals surface area contributed by atoms with Crippen molar-refractivity contribution in [2.24, 2.45) is 23.7 Å². The Morgan fingerprint density at radius 2 is 1.65 bits per heavy atom. The minimum Gasteiger partial charge on any atom is -0.481 e. The van der Waals surface area contributed by atoms with Crippen molar-refractivity contribution in [3.8, 4) is 0 Å². The number of amides is 2. The number of carbonyl (C=O) groups excluding carboxylic acids is 2. The van der Waals surface area contributed by atoms with Crippen LogP contribution in [-0.4, -0.2) is 22.9 Å². The summed E-state index contributed by atoms with van der Waals surface area (Å²) in [5, 5.41) is 14.9. The van der Waals surface area contributed by atoms with E-state index < -0.39 is 17.8 Å². The van der Waals surface area contributed by atoms with Crippen molar-refractivity contribution in [1.29, 1.82) is 0 Å². The summed E-state index contributed by atoms with van der Waals surface area (Å²) in [5.41, 5.74) is 1.16. The Morgan fingerprint density at radius 1 is 1.04 bits per heavy atom. The number of hydrogen-bond acceptors (Lipinski definition) is 3. The highest BCUT2D eigenvalue weighted by Crippen LogP contribution is 2.52. The van der Waals surface area contributed by atoms with Gasteiger partial charge in [-0.25, -0.2) is 0 Å². The van der Waals surface area contributed by atoms with E-state index >= 15 is 0 Å². The summed E-state index contributed by atoms with van der Waals surface area (Å²) in [7, 11) is 0. The fourth-order valence-electron chi connectivity index (χ4n) is 4.13. The van der Waals surface area contributed by atoms with Crippen LogP contribution in [0.2, 0.25) is 0 Å². The predicted octanol–water partition coefficient (Wildman–Crippen LogP) is 2.33. The molecule has 4 atom stereocenters. The number of rotatable bonds is 4. The van der Waals surface area contributed by atoms with Crippen molar-refractivity contribution in [3.05, 3.63) is 24.3 Å². The molecule has 0 aromatic heterocycles. The Bertz CT molecular complexity index is 658. The number of anilines is 2. The van der Waals surface area contributed by atoms with Gasteiger partial charge in [-0.05, 0) is 49.3 Å². The zero-order valence-corrected chi connectivity index (χ0v) is 12.9. The fourth-order valence-corrected chi connectivity index (χ4v) is 4.13. The summed E-state index contributed by atoms with van der Waals surface area (Å²) in [4.78, 5) is 35.2. The van der Waals surface area contributed by atoms with E-state index in [0.29, 0.717) is 11.4 Å². The molecule has 2 saturated carbocycles. The zero-order chi connectivity index (χ0) is 16.6.